The van der Waals surface area contributed by atoms with E-state index in [1.165, 1.54) is 16.0 Å². The topological polar surface area (TPSA) is 105 Å². The number of hydrogen-bond acceptors (Lipinski definition) is 5. The number of nitrogens with zero attached hydrogens (tertiary/aromatic N) is 1. The summed E-state index contributed by atoms with van der Waals surface area (Å²) in [4.78, 5) is 38.1. The summed E-state index contributed by atoms with van der Waals surface area (Å²) in [6.07, 6.45) is 1.91. The van der Waals surface area contributed by atoms with Gasteiger partial charge in [0, 0.05) is 18.5 Å². The molecule has 178 valence electrons. The molecule has 8 heteroatoms. The largest absolute Gasteiger partial charge is 0.479 e. The van der Waals surface area contributed by atoms with Crippen LogP contribution < -0.4 is 5.32 Å². The molecule has 2 saturated heterocycles. The van der Waals surface area contributed by atoms with Crippen molar-refractivity contribution in [2.24, 2.45) is 0 Å². The number of carbonyl (C=O) groups excluding carboxylic acids is 2. The van der Waals surface area contributed by atoms with Gasteiger partial charge in [-0.05, 0) is 47.9 Å². The summed E-state index contributed by atoms with van der Waals surface area (Å²) in [5.74, 6) is -1.24. The molecule has 34 heavy (non-hydrogen) atoms. The predicted molar refractivity (Wildman–Crippen MR) is 123 cm³/mol. The van der Waals surface area contributed by atoms with E-state index in [0.29, 0.717) is 12.8 Å². The van der Waals surface area contributed by atoms with Crippen molar-refractivity contribution in [1.29, 1.82) is 0 Å². The van der Waals surface area contributed by atoms with Crippen molar-refractivity contribution in [3.05, 3.63) is 59.7 Å². The van der Waals surface area contributed by atoms with E-state index < -0.39 is 17.6 Å². The molecule has 0 saturated carbocycles. The van der Waals surface area contributed by atoms with E-state index in [-0.39, 0.29) is 44.2 Å². The third kappa shape index (κ3) is 3.81. The minimum Gasteiger partial charge on any atom is -0.479 e. The number of nitrogens with one attached hydrogen (secondary N) is 1. The van der Waals surface area contributed by atoms with Crippen LogP contribution in [0.15, 0.2) is 48.5 Å². The second-order valence-electron chi connectivity index (χ2n) is 9.14. The zero-order valence-electron chi connectivity index (χ0n) is 18.9. The first kappa shape index (κ1) is 22.4. The average Bonchev–Trinajstić information content (AvgIpc) is 3.51. The van der Waals surface area contributed by atoms with Crippen LogP contribution in [0, 0.1) is 0 Å². The highest BCUT2D eigenvalue weighted by Crippen LogP contribution is 2.47. The number of fused-ring (bicyclic) bond motifs is 5. The Labute approximate surface area is 197 Å². The van der Waals surface area contributed by atoms with Crippen LogP contribution >= 0.6 is 0 Å². The van der Waals surface area contributed by atoms with Crippen molar-refractivity contribution in [2.75, 3.05) is 26.4 Å². The SMILES string of the molecule is O=C(NCCOCC(=O)N1C2CCC1(C(=O)O)CC2)OCC1c2ccccc2-c2ccccc21. The zero-order valence-corrected chi connectivity index (χ0v) is 18.9. The molecule has 2 aromatic carbocycles. The van der Waals surface area contributed by atoms with Gasteiger partial charge in [-0.3, -0.25) is 4.79 Å². The van der Waals surface area contributed by atoms with Gasteiger partial charge in [-0.15, -0.1) is 0 Å². The molecule has 2 aliphatic heterocycles. The van der Waals surface area contributed by atoms with Gasteiger partial charge in [0.2, 0.25) is 5.91 Å². The van der Waals surface area contributed by atoms with Gasteiger partial charge in [0.15, 0.2) is 0 Å². The summed E-state index contributed by atoms with van der Waals surface area (Å²) in [5, 5.41) is 12.3. The van der Waals surface area contributed by atoms with Crippen LogP contribution in [0.1, 0.15) is 42.7 Å². The second-order valence-corrected chi connectivity index (χ2v) is 9.14. The third-order valence-corrected chi connectivity index (χ3v) is 7.36. The lowest BCUT2D eigenvalue weighted by Crippen LogP contribution is -2.52. The van der Waals surface area contributed by atoms with Gasteiger partial charge in [0.25, 0.3) is 0 Å². The number of ether oxygens (including phenoxy) is 2. The number of carbonyl (C=O) groups is 3. The number of amides is 2. The molecule has 8 nitrogen and oxygen atoms in total. The fourth-order valence-electron chi connectivity index (χ4n) is 5.79. The summed E-state index contributed by atoms with van der Waals surface area (Å²) < 4.78 is 10.9. The van der Waals surface area contributed by atoms with Crippen LogP contribution in [0.2, 0.25) is 0 Å². The fraction of sp³-hybridized carbons (Fsp3) is 0.423. The molecule has 1 aliphatic carbocycles. The highest BCUT2D eigenvalue weighted by molar-refractivity contribution is 5.89. The Morgan fingerprint density at radius 3 is 2.24 bits per heavy atom. The van der Waals surface area contributed by atoms with Gasteiger partial charge in [-0.25, -0.2) is 9.59 Å². The van der Waals surface area contributed by atoms with E-state index in [0.717, 1.165) is 24.0 Å². The quantitative estimate of drug-likeness (QED) is 0.582. The van der Waals surface area contributed by atoms with Gasteiger partial charge in [0.05, 0.1) is 6.61 Å². The van der Waals surface area contributed by atoms with E-state index in [9.17, 15) is 19.5 Å². The minimum absolute atomic E-state index is 0.00819. The summed E-state index contributed by atoms with van der Waals surface area (Å²) in [6.45, 7) is 0.358. The van der Waals surface area contributed by atoms with Gasteiger partial charge >= 0.3 is 12.1 Å². The summed E-state index contributed by atoms with van der Waals surface area (Å²) >= 11 is 0. The Balaban J connectivity index is 1.06. The molecule has 2 fully saturated rings. The highest BCUT2D eigenvalue weighted by atomic mass is 16.5. The number of rotatable bonds is 8. The van der Waals surface area contributed by atoms with Crippen molar-refractivity contribution in [3.63, 3.8) is 0 Å². The third-order valence-electron chi connectivity index (χ3n) is 7.36. The predicted octanol–water partition coefficient (Wildman–Crippen LogP) is 3.15. The Kier molecular flexibility index (Phi) is 6.00. The maximum absolute atomic E-state index is 12.6. The normalized spacial score (nSPS) is 22.4. The number of carboxylic acids is 1. The molecule has 0 unspecified atom stereocenters. The lowest BCUT2D eigenvalue weighted by atomic mass is 9.88. The maximum atomic E-state index is 12.6. The van der Waals surface area contributed by atoms with E-state index in [4.69, 9.17) is 9.47 Å². The van der Waals surface area contributed by atoms with E-state index >= 15 is 0 Å². The molecule has 0 radical (unpaired) electrons. The molecule has 2 aromatic rings. The molecule has 3 aliphatic rings. The molecule has 0 atom stereocenters. The Hall–Kier alpha value is -3.39. The van der Waals surface area contributed by atoms with Crippen molar-refractivity contribution >= 4 is 18.0 Å². The number of alkyl carbamates (subject to hydrolysis) is 1. The van der Waals surface area contributed by atoms with Gasteiger partial charge in [-0.2, -0.15) is 0 Å². The van der Waals surface area contributed by atoms with Crippen LogP contribution in [-0.4, -0.2) is 65.9 Å². The van der Waals surface area contributed by atoms with Crippen molar-refractivity contribution in [3.8, 4) is 11.1 Å². The lowest BCUT2D eigenvalue weighted by molar-refractivity contribution is -0.157. The fourth-order valence-corrected chi connectivity index (χ4v) is 5.79. The molecule has 2 amide bonds. The number of hydrogen-bond donors (Lipinski definition) is 2. The van der Waals surface area contributed by atoms with Gasteiger partial charge < -0.3 is 24.8 Å². The first-order valence-electron chi connectivity index (χ1n) is 11.7. The second kappa shape index (κ2) is 9.10. The Bertz CT molecular complexity index is 1060. The van der Waals surface area contributed by atoms with Gasteiger partial charge in [-0.1, -0.05) is 48.5 Å². The molecule has 5 rings (SSSR count). The first-order chi connectivity index (χ1) is 16.5. The lowest BCUT2D eigenvalue weighted by Gasteiger charge is -2.30. The van der Waals surface area contributed by atoms with Gasteiger partial charge in [0.1, 0.15) is 18.8 Å². The molecular weight excluding hydrogens is 436 g/mol. The van der Waals surface area contributed by atoms with Crippen LogP contribution in [0.4, 0.5) is 4.79 Å². The van der Waals surface area contributed by atoms with Crippen LogP contribution in [0.3, 0.4) is 0 Å². The molecule has 2 N–H and O–H groups in total. The van der Waals surface area contributed by atoms with E-state index in [1.54, 1.807) is 0 Å². The minimum atomic E-state index is -1.06. The summed E-state index contributed by atoms with van der Waals surface area (Å²) in [5.41, 5.74) is 3.56. The molecule has 0 spiro atoms. The molecule has 2 bridgehead atoms. The Morgan fingerprint density at radius 2 is 1.62 bits per heavy atom. The number of carboxylic acid groups (broad SMARTS) is 1. The highest BCUT2D eigenvalue weighted by Gasteiger charge is 2.58. The number of aliphatic carboxylic acids is 1. The van der Waals surface area contributed by atoms with Crippen LogP contribution in [0.25, 0.3) is 11.1 Å². The molecular formula is C26H28N2O6. The first-order valence-corrected chi connectivity index (χ1v) is 11.7. The number of benzene rings is 2. The zero-order chi connectivity index (χ0) is 23.7. The van der Waals surface area contributed by atoms with Crippen LogP contribution in [-0.2, 0) is 19.1 Å². The molecule has 2 heterocycles. The average molecular weight is 465 g/mol. The van der Waals surface area contributed by atoms with Crippen molar-refractivity contribution in [1.82, 2.24) is 10.2 Å². The van der Waals surface area contributed by atoms with Crippen LogP contribution in [0.5, 0.6) is 0 Å². The monoisotopic (exact) mass is 464 g/mol. The van der Waals surface area contributed by atoms with E-state index in [2.05, 4.69) is 29.6 Å². The molecule has 0 aromatic heterocycles. The van der Waals surface area contributed by atoms with Crippen molar-refractivity contribution in [2.45, 2.75) is 43.2 Å². The van der Waals surface area contributed by atoms with E-state index in [1.807, 2.05) is 24.3 Å². The summed E-state index contributed by atoms with van der Waals surface area (Å²) in [7, 11) is 0. The Morgan fingerprint density at radius 1 is 1.00 bits per heavy atom. The smallest absolute Gasteiger partial charge is 0.407 e. The standard InChI is InChI=1S/C26H28N2O6/c29-23(28-17-9-11-26(28,12-10-17)24(30)31)16-33-14-13-27-25(32)34-15-22-20-7-3-1-5-18(20)19-6-2-4-8-21(19)22/h1-8,17,22H,9-16H2,(H,27,32)(H,30,31). The van der Waals surface area contributed by atoms with Crippen molar-refractivity contribution < 1.29 is 29.0 Å². The summed E-state index contributed by atoms with van der Waals surface area (Å²) in [6, 6.07) is 16.3. The maximum Gasteiger partial charge on any atom is 0.407 e.